The number of nitrogens with two attached hydrogens (primary N) is 1. The molecule has 0 aliphatic heterocycles. The van der Waals surface area contributed by atoms with Crippen LogP contribution in [0.1, 0.15) is 28.3 Å². The fourth-order valence-corrected chi connectivity index (χ4v) is 2.42. The largest absolute Gasteiger partial charge is 0.378 e. The van der Waals surface area contributed by atoms with Gasteiger partial charge in [0.2, 0.25) is 0 Å². The van der Waals surface area contributed by atoms with Gasteiger partial charge in [-0.3, -0.25) is 5.84 Å². The molecule has 0 aliphatic rings. The molecular weight excluding hydrogens is 246 g/mol. The lowest BCUT2D eigenvalue weighted by Gasteiger charge is -2.21. The maximum atomic E-state index is 5.79. The Labute approximate surface area is 121 Å². The molecule has 0 amide bonds. The summed E-state index contributed by atoms with van der Waals surface area (Å²) in [6.07, 6.45) is 0. The number of hydrogen-bond acceptors (Lipinski definition) is 3. The van der Waals surface area contributed by atoms with Crippen LogP contribution < -0.4 is 16.2 Å². The summed E-state index contributed by atoms with van der Waals surface area (Å²) in [7, 11) is 4.08. The lowest BCUT2D eigenvalue weighted by Crippen LogP contribution is -2.29. The van der Waals surface area contributed by atoms with E-state index in [0.29, 0.717) is 0 Å². The number of nitrogens with one attached hydrogen (secondary N) is 1. The van der Waals surface area contributed by atoms with Crippen LogP contribution in [0.3, 0.4) is 0 Å². The van der Waals surface area contributed by atoms with Crippen molar-refractivity contribution in [2.45, 2.75) is 19.9 Å². The first-order valence-electron chi connectivity index (χ1n) is 6.84. The Morgan fingerprint density at radius 3 is 2.20 bits per heavy atom. The fourth-order valence-electron chi connectivity index (χ4n) is 2.42. The van der Waals surface area contributed by atoms with E-state index in [-0.39, 0.29) is 6.04 Å². The summed E-state index contributed by atoms with van der Waals surface area (Å²) < 4.78 is 0. The van der Waals surface area contributed by atoms with Crippen LogP contribution in [0, 0.1) is 13.8 Å². The number of aryl methyl sites for hydroxylation is 1. The molecule has 3 heteroatoms. The molecule has 2 aromatic carbocycles. The highest BCUT2D eigenvalue weighted by atomic mass is 15.2. The standard InChI is InChI=1S/C17H23N3/c1-12-6-5-7-16(13(12)2)17(19-18)14-8-10-15(11-9-14)20(3)4/h5-11,17,19H,18H2,1-4H3. The van der Waals surface area contributed by atoms with E-state index in [1.807, 2.05) is 14.1 Å². The van der Waals surface area contributed by atoms with E-state index in [0.717, 1.165) is 0 Å². The van der Waals surface area contributed by atoms with Gasteiger partial charge in [0.1, 0.15) is 0 Å². The lowest BCUT2D eigenvalue weighted by molar-refractivity contribution is 0.633. The minimum Gasteiger partial charge on any atom is -0.378 e. The van der Waals surface area contributed by atoms with Crippen LogP contribution in [-0.4, -0.2) is 14.1 Å². The van der Waals surface area contributed by atoms with Crippen LogP contribution in [0.5, 0.6) is 0 Å². The molecule has 3 nitrogen and oxygen atoms in total. The molecule has 0 spiro atoms. The zero-order valence-corrected chi connectivity index (χ0v) is 12.6. The minimum atomic E-state index is 0.0195. The Morgan fingerprint density at radius 2 is 1.65 bits per heavy atom. The second-order valence-corrected chi connectivity index (χ2v) is 5.37. The van der Waals surface area contributed by atoms with E-state index < -0.39 is 0 Å². The zero-order valence-electron chi connectivity index (χ0n) is 12.6. The van der Waals surface area contributed by atoms with Crippen molar-refractivity contribution in [2.75, 3.05) is 19.0 Å². The van der Waals surface area contributed by atoms with Crippen molar-refractivity contribution in [3.8, 4) is 0 Å². The van der Waals surface area contributed by atoms with Gasteiger partial charge in [0.15, 0.2) is 0 Å². The highest BCUT2D eigenvalue weighted by Gasteiger charge is 2.15. The van der Waals surface area contributed by atoms with Gasteiger partial charge in [0, 0.05) is 19.8 Å². The van der Waals surface area contributed by atoms with E-state index in [1.54, 1.807) is 0 Å². The zero-order chi connectivity index (χ0) is 14.7. The molecule has 0 aliphatic carbocycles. The summed E-state index contributed by atoms with van der Waals surface area (Å²) in [6.45, 7) is 4.27. The van der Waals surface area contributed by atoms with Crippen LogP contribution in [0.4, 0.5) is 5.69 Å². The van der Waals surface area contributed by atoms with Crippen molar-refractivity contribution in [2.24, 2.45) is 5.84 Å². The molecule has 0 heterocycles. The van der Waals surface area contributed by atoms with Gasteiger partial charge < -0.3 is 4.90 Å². The Bertz CT molecular complexity index is 573. The number of anilines is 1. The average molecular weight is 269 g/mol. The van der Waals surface area contributed by atoms with Gasteiger partial charge in [-0.25, -0.2) is 5.43 Å². The van der Waals surface area contributed by atoms with Crippen LogP contribution in [0.2, 0.25) is 0 Å². The molecule has 0 saturated heterocycles. The maximum absolute atomic E-state index is 5.79. The van der Waals surface area contributed by atoms with Crippen LogP contribution in [-0.2, 0) is 0 Å². The molecule has 0 radical (unpaired) electrons. The van der Waals surface area contributed by atoms with E-state index in [1.165, 1.54) is 27.9 Å². The Balaban J connectivity index is 2.39. The van der Waals surface area contributed by atoms with Gasteiger partial charge in [-0.05, 0) is 48.2 Å². The van der Waals surface area contributed by atoms with Crippen molar-refractivity contribution in [3.63, 3.8) is 0 Å². The Kier molecular flexibility index (Phi) is 4.42. The normalized spacial score (nSPS) is 12.2. The van der Waals surface area contributed by atoms with E-state index in [2.05, 4.69) is 66.6 Å². The first kappa shape index (κ1) is 14.6. The van der Waals surface area contributed by atoms with Crippen LogP contribution in [0.25, 0.3) is 0 Å². The first-order chi connectivity index (χ1) is 9.54. The quantitative estimate of drug-likeness (QED) is 0.662. The third-order valence-electron chi connectivity index (χ3n) is 3.87. The van der Waals surface area contributed by atoms with E-state index >= 15 is 0 Å². The molecule has 2 aromatic rings. The highest BCUT2D eigenvalue weighted by molar-refractivity contribution is 5.48. The SMILES string of the molecule is Cc1cccc(C(NN)c2ccc(N(C)C)cc2)c1C. The molecule has 1 unspecified atom stereocenters. The highest BCUT2D eigenvalue weighted by Crippen LogP contribution is 2.27. The van der Waals surface area contributed by atoms with E-state index in [4.69, 9.17) is 5.84 Å². The minimum absolute atomic E-state index is 0.0195. The number of hydrogen-bond donors (Lipinski definition) is 2. The third kappa shape index (κ3) is 2.84. The predicted octanol–water partition coefficient (Wildman–Crippen LogP) is 2.92. The summed E-state index contributed by atoms with van der Waals surface area (Å²) in [5, 5.41) is 0. The van der Waals surface area contributed by atoms with Crippen molar-refractivity contribution < 1.29 is 0 Å². The van der Waals surface area contributed by atoms with E-state index in [9.17, 15) is 0 Å². The number of benzene rings is 2. The van der Waals surface area contributed by atoms with Crippen LogP contribution >= 0.6 is 0 Å². The third-order valence-corrected chi connectivity index (χ3v) is 3.87. The van der Waals surface area contributed by atoms with Gasteiger partial charge in [0.25, 0.3) is 0 Å². The molecule has 1 atom stereocenters. The summed E-state index contributed by atoms with van der Waals surface area (Å²) in [4.78, 5) is 2.09. The topological polar surface area (TPSA) is 41.3 Å². The first-order valence-corrected chi connectivity index (χ1v) is 6.84. The van der Waals surface area contributed by atoms with Crippen molar-refractivity contribution in [1.29, 1.82) is 0 Å². The number of nitrogens with zero attached hydrogens (tertiary/aromatic N) is 1. The van der Waals surface area contributed by atoms with Gasteiger partial charge in [-0.15, -0.1) is 0 Å². The van der Waals surface area contributed by atoms with Gasteiger partial charge in [0.05, 0.1) is 6.04 Å². The molecule has 0 saturated carbocycles. The monoisotopic (exact) mass is 269 g/mol. The molecule has 0 bridgehead atoms. The molecule has 106 valence electrons. The maximum Gasteiger partial charge on any atom is 0.0712 e. The van der Waals surface area contributed by atoms with Crippen LogP contribution in [0.15, 0.2) is 42.5 Å². The summed E-state index contributed by atoms with van der Waals surface area (Å²) in [5.74, 6) is 5.79. The summed E-state index contributed by atoms with van der Waals surface area (Å²) >= 11 is 0. The molecule has 2 rings (SSSR count). The number of rotatable bonds is 4. The lowest BCUT2D eigenvalue weighted by atomic mass is 9.93. The van der Waals surface area contributed by atoms with Crippen molar-refractivity contribution >= 4 is 5.69 Å². The fraction of sp³-hybridized carbons (Fsp3) is 0.294. The van der Waals surface area contributed by atoms with Gasteiger partial charge in [-0.2, -0.15) is 0 Å². The second-order valence-electron chi connectivity index (χ2n) is 5.37. The Hall–Kier alpha value is -1.84. The van der Waals surface area contributed by atoms with Gasteiger partial charge >= 0.3 is 0 Å². The second kappa shape index (κ2) is 6.07. The molecule has 0 fully saturated rings. The van der Waals surface area contributed by atoms with Crippen molar-refractivity contribution in [3.05, 3.63) is 64.7 Å². The average Bonchev–Trinajstić information content (AvgIpc) is 2.45. The van der Waals surface area contributed by atoms with Crippen molar-refractivity contribution in [1.82, 2.24) is 5.43 Å². The number of hydrazine groups is 1. The van der Waals surface area contributed by atoms with Gasteiger partial charge in [-0.1, -0.05) is 30.3 Å². The summed E-state index contributed by atoms with van der Waals surface area (Å²) in [5.41, 5.74) is 9.09. The predicted molar refractivity (Wildman–Crippen MR) is 85.9 cm³/mol. The summed E-state index contributed by atoms with van der Waals surface area (Å²) in [6, 6.07) is 14.8. The molecule has 20 heavy (non-hydrogen) atoms. The molecular formula is C17H23N3. The Morgan fingerprint density at radius 1 is 1.00 bits per heavy atom. The smallest absolute Gasteiger partial charge is 0.0712 e. The molecule has 3 N–H and O–H groups in total. The molecule has 0 aromatic heterocycles.